The van der Waals surface area contributed by atoms with Gasteiger partial charge in [0.25, 0.3) is 5.91 Å². The van der Waals surface area contributed by atoms with Gasteiger partial charge in [0.2, 0.25) is 5.91 Å². The summed E-state index contributed by atoms with van der Waals surface area (Å²) in [6.45, 7) is 2.64. The van der Waals surface area contributed by atoms with Crippen molar-refractivity contribution < 1.29 is 9.59 Å². The monoisotopic (exact) mass is 413 g/mol. The fraction of sp³-hybridized carbons (Fsp3) is 0.190. The highest BCUT2D eigenvalue weighted by atomic mass is 35.5. The molecule has 7 heteroatoms. The first kappa shape index (κ1) is 20.0. The molecule has 1 N–H and O–H groups in total. The summed E-state index contributed by atoms with van der Waals surface area (Å²) in [5, 5.41) is 6.00. The maximum atomic E-state index is 12.7. The maximum Gasteiger partial charge on any atom is 0.273 e. The predicted molar refractivity (Wildman–Crippen MR) is 112 cm³/mol. The van der Waals surface area contributed by atoms with Gasteiger partial charge in [-0.3, -0.25) is 9.59 Å². The number of carbonyl (C=O) groups is 2. The van der Waals surface area contributed by atoms with Gasteiger partial charge >= 0.3 is 0 Å². The molecule has 2 amide bonds. The van der Waals surface area contributed by atoms with Gasteiger partial charge in [-0.25, -0.2) is 4.98 Å². The smallest absolute Gasteiger partial charge is 0.273 e. The topological polar surface area (TPSA) is 62.3 Å². The van der Waals surface area contributed by atoms with Crippen molar-refractivity contribution in [1.82, 2.24) is 15.2 Å². The number of nitrogens with one attached hydrogen (secondary N) is 1. The van der Waals surface area contributed by atoms with E-state index in [4.69, 9.17) is 11.6 Å². The molecule has 0 spiro atoms. The number of benzene rings is 2. The quantitative estimate of drug-likeness (QED) is 0.630. The highest BCUT2D eigenvalue weighted by Crippen LogP contribution is 2.23. The van der Waals surface area contributed by atoms with Crippen molar-refractivity contribution in [2.45, 2.75) is 13.5 Å². The number of hydrogen-bond donors (Lipinski definition) is 1. The minimum absolute atomic E-state index is 0.0128. The van der Waals surface area contributed by atoms with Crippen LogP contribution in [0.1, 0.15) is 23.0 Å². The zero-order chi connectivity index (χ0) is 19.9. The number of thiazole rings is 1. The van der Waals surface area contributed by atoms with E-state index in [0.717, 1.165) is 16.1 Å². The molecule has 28 heavy (non-hydrogen) atoms. The van der Waals surface area contributed by atoms with Crippen molar-refractivity contribution in [1.29, 1.82) is 0 Å². The molecule has 0 saturated carbocycles. The Hall–Kier alpha value is -2.70. The predicted octanol–water partition coefficient (Wildman–Crippen LogP) is 4.24. The molecule has 0 aliphatic heterocycles. The first-order valence-electron chi connectivity index (χ1n) is 8.88. The van der Waals surface area contributed by atoms with Gasteiger partial charge in [0.15, 0.2) is 0 Å². The highest BCUT2D eigenvalue weighted by Gasteiger charge is 2.20. The molecule has 0 saturated heterocycles. The fourth-order valence-corrected chi connectivity index (χ4v) is 3.53. The van der Waals surface area contributed by atoms with Gasteiger partial charge in [-0.05, 0) is 24.6 Å². The molecule has 1 aromatic heterocycles. The SMILES string of the molecule is CCN(CC(=O)NCc1ccc(Cl)cc1)C(=O)c1csc(-c2ccccc2)n1. The molecule has 3 rings (SSSR count). The summed E-state index contributed by atoms with van der Waals surface area (Å²) >= 11 is 7.28. The van der Waals surface area contributed by atoms with Crippen LogP contribution in [0.3, 0.4) is 0 Å². The third-order valence-electron chi connectivity index (χ3n) is 4.15. The van der Waals surface area contributed by atoms with Gasteiger partial charge in [-0.2, -0.15) is 0 Å². The summed E-state index contributed by atoms with van der Waals surface area (Å²) < 4.78 is 0. The van der Waals surface area contributed by atoms with Crippen LogP contribution in [0.4, 0.5) is 0 Å². The van der Waals surface area contributed by atoms with E-state index in [0.29, 0.717) is 23.8 Å². The summed E-state index contributed by atoms with van der Waals surface area (Å²) in [7, 11) is 0. The molecule has 2 aromatic carbocycles. The van der Waals surface area contributed by atoms with E-state index < -0.39 is 0 Å². The van der Waals surface area contributed by atoms with E-state index >= 15 is 0 Å². The average molecular weight is 414 g/mol. The molecule has 0 bridgehead atoms. The van der Waals surface area contributed by atoms with Crippen molar-refractivity contribution >= 4 is 34.8 Å². The van der Waals surface area contributed by atoms with Gasteiger partial charge in [-0.1, -0.05) is 54.1 Å². The third kappa shape index (κ3) is 5.18. The lowest BCUT2D eigenvalue weighted by Crippen LogP contribution is -2.40. The Morgan fingerprint density at radius 3 is 2.50 bits per heavy atom. The van der Waals surface area contributed by atoms with E-state index in [1.54, 1.807) is 17.5 Å². The van der Waals surface area contributed by atoms with Crippen LogP contribution >= 0.6 is 22.9 Å². The Morgan fingerprint density at radius 2 is 1.82 bits per heavy atom. The van der Waals surface area contributed by atoms with Gasteiger partial charge < -0.3 is 10.2 Å². The first-order chi connectivity index (χ1) is 13.6. The molecule has 5 nitrogen and oxygen atoms in total. The van der Waals surface area contributed by atoms with Crippen LogP contribution in [0.5, 0.6) is 0 Å². The van der Waals surface area contributed by atoms with Crippen molar-refractivity contribution in [3.8, 4) is 10.6 Å². The van der Waals surface area contributed by atoms with Crippen molar-refractivity contribution in [3.05, 3.63) is 76.3 Å². The van der Waals surface area contributed by atoms with Crippen LogP contribution in [-0.4, -0.2) is 34.8 Å². The molecule has 0 aliphatic rings. The van der Waals surface area contributed by atoms with Crippen LogP contribution in [0, 0.1) is 0 Å². The van der Waals surface area contributed by atoms with Crippen LogP contribution in [0.2, 0.25) is 5.02 Å². The second-order valence-corrected chi connectivity index (χ2v) is 7.42. The molecule has 144 valence electrons. The molecule has 0 atom stereocenters. The highest BCUT2D eigenvalue weighted by molar-refractivity contribution is 7.13. The number of nitrogens with zero attached hydrogens (tertiary/aromatic N) is 2. The summed E-state index contributed by atoms with van der Waals surface area (Å²) in [4.78, 5) is 30.9. The van der Waals surface area contributed by atoms with E-state index in [2.05, 4.69) is 10.3 Å². The Balaban J connectivity index is 1.59. The average Bonchev–Trinajstić information content (AvgIpc) is 3.22. The molecule has 1 heterocycles. The number of likely N-dealkylation sites (N-methyl/N-ethyl adjacent to an activating group) is 1. The summed E-state index contributed by atoms with van der Waals surface area (Å²) in [6.07, 6.45) is 0. The fourth-order valence-electron chi connectivity index (χ4n) is 2.61. The zero-order valence-electron chi connectivity index (χ0n) is 15.4. The molecular weight excluding hydrogens is 394 g/mol. The lowest BCUT2D eigenvalue weighted by Gasteiger charge is -2.19. The minimum Gasteiger partial charge on any atom is -0.350 e. The van der Waals surface area contributed by atoms with E-state index in [1.165, 1.54) is 16.2 Å². The Labute approximate surface area is 173 Å². The van der Waals surface area contributed by atoms with Gasteiger partial charge in [0.1, 0.15) is 10.7 Å². The Morgan fingerprint density at radius 1 is 1.11 bits per heavy atom. The summed E-state index contributed by atoms with van der Waals surface area (Å²) in [5.41, 5.74) is 2.27. The Kier molecular flexibility index (Phi) is 6.79. The molecule has 0 aliphatic carbocycles. The Bertz CT molecular complexity index is 942. The van der Waals surface area contributed by atoms with Crippen LogP contribution in [-0.2, 0) is 11.3 Å². The van der Waals surface area contributed by atoms with Crippen molar-refractivity contribution in [2.75, 3.05) is 13.1 Å². The molecule has 0 unspecified atom stereocenters. The van der Waals surface area contributed by atoms with Gasteiger partial charge in [-0.15, -0.1) is 11.3 Å². The lowest BCUT2D eigenvalue weighted by molar-refractivity contribution is -0.121. The van der Waals surface area contributed by atoms with E-state index in [1.807, 2.05) is 49.4 Å². The number of carbonyl (C=O) groups excluding carboxylic acids is 2. The van der Waals surface area contributed by atoms with Crippen LogP contribution < -0.4 is 5.32 Å². The van der Waals surface area contributed by atoms with Gasteiger partial charge in [0.05, 0.1) is 6.54 Å². The standard InChI is InChI=1S/C21H20ClN3O2S/c1-2-25(13-19(26)23-12-15-8-10-17(22)11-9-15)21(27)18-14-28-20(24-18)16-6-4-3-5-7-16/h3-11,14H,2,12-13H2,1H3,(H,23,26). The number of rotatable bonds is 7. The number of amides is 2. The second-order valence-electron chi connectivity index (χ2n) is 6.13. The number of hydrogen-bond acceptors (Lipinski definition) is 4. The van der Waals surface area contributed by atoms with Crippen molar-refractivity contribution in [2.24, 2.45) is 0 Å². The first-order valence-corrected chi connectivity index (χ1v) is 10.1. The van der Waals surface area contributed by atoms with E-state index in [-0.39, 0.29) is 18.4 Å². The lowest BCUT2D eigenvalue weighted by atomic mass is 10.2. The minimum atomic E-state index is -0.248. The molecule has 0 fully saturated rings. The summed E-state index contributed by atoms with van der Waals surface area (Å²) in [5.74, 6) is -0.466. The number of aromatic nitrogens is 1. The van der Waals surface area contributed by atoms with Crippen LogP contribution in [0.25, 0.3) is 10.6 Å². The van der Waals surface area contributed by atoms with E-state index in [9.17, 15) is 9.59 Å². The molecular formula is C21H20ClN3O2S. The molecule has 3 aromatic rings. The zero-order valence-corrected chi connectivity index (χ0v) is 17.0. The maximum absolute atomic E-state index is 12.7. The van der Waals surface area contributed by atoms with Crippen molar-refractivity contribution in [3.63, 3.8) is 0 Å². The third-order valence-corrected chi connectivity index (χ3v) is 5.29. The van der Waals surface area contributed by atoms with Gasteiger partial charge in [0, 0.05) is 29.1 Å². The largest absolute Gasteiger partial charge is 0.350 e. The normalized spacial score (nSPS) is 10.5. The molecule has 0 radical (unpaired) electrons. The second kappa shape index (κ2) is 9.48. The summed E-state index contributed by atoms with van der Waals surface area (Å²) in [6, 6.07) is 17.0. The van der Waals surface area contributed by atoms with Crippen LogP contribution in [0.15, 0.2) is 60.0 Å². The number of halogens is 1.